The first-order valence-electron chi connectivity index (χ1n) is 17.6. The Balaban J connectivity index is 1.11. The van der Waals surface area contributed by atoms with Crippen molar-refractivity contribution in [3.05, 3.63) is 120 Å². The monoisotopic (exact) mass is 718 g/mol. The van der Waals surface area contributed by atoms with Gasteiger partial charge in [-0.2, -0.15) is 0 Å². The molecule has 4 aromatic heterocycles. The number of rotatable bonds is 16. The molecular formula is C42H38N8O4. The molecule has 0 aliphatic heterocycles. The molecule has 0 radical (unpaired) electrons. The minimum Gasteiger partial charge on any atom is -0.394 e. The van der Waals surface area contributed by atoms with Gasteiger partial charge in [0.1, 0.15) is 0 Å². The molecule has 7 rings (SSSR count). The molecule has 0 aliphatic carbocycles. The molecule has 270 valence electrons. The Morgan fingerprint density at radius 1 is 0.426 bits per heavy atom. The fourth-order valence-corrected chi connectivity index (χ4v) is 5.72. The molecule has 4 heterocycles. The first-order valence-corrected chi connectivity index (χ1v) is 17.6. The standard InChI is InChI=1S/C42H38N8O4/c51-19-23-53-21-17-43-25-33-13-9-29-5-7-31-11-15-35(49-41(31)39(29)47-33)27-45-37-3-1-2-4-38(37)46-28-36-16-12-32-8-6-30-10-14-34(48-40(30)42(32)50-36)26-44-18-22-54-24-20-52/h1-16,25-28,51-52H,17-24H2. The third-order valence-corrected chi connectivity index (χ3v) is 8.33. The first kappa shape index (κ1) is 36.2. The molecule has 12 nitrogen and oxygen atoms in total. The van der Waals surface area contributed by atoms with Crippen LogP contribution in [0, 0.1) is 0 Å². The molecule has 0 unspecified atom stereocenters. The maximum Gasteiger partial charge on any atom is 0.0972 e. The number of pyridine rings is 4. The number of para-hydroxylation sites is 2. The second kappa shape index (κ2) is 18.0. The summed E-state index contributed by atoms with van der Waals surface area (Å²) in [5.41, 5.74) is 7.31. The van der Waals surface area contributed by atoms with Crippen LogP contribution >= 0.6 is 0 Å². The van der Waals surface area contributed by atoms with E-state index in [9.17, 15) is 0 Å². The van der Waals surface area contributed by atoms with Crippen LogP contribution < -0.4 is 0 Å². The average molecular weight is 719 g/mol. The Morgan fingerprint density at radius 3 is 1.11 bits per heavy atom. The van der Waals surface area contributed by atoms with Crippen LogP contribution in [0.3, 0.4) is 0 Å². The van der Waals surface area contributed by atoms with Crippen molar-refractivity contribution in [2.45, 2.75) is 0 Å². The molecule has 2 N–H and O–H groups in total. The van der Waals surface area contributed by atoms with Gasteiger partial charge in [-0.1, -0.05) is 60.7 Å². The van der Waals surface area contributed by atoms with Gasteiger partial charge < -0.3 is 19.7 Å². The Kier molecular flexibility index (Phi) is 12.1. The Labute approximate surface area is 311 Å². The second-order valence-electron chi connectivity index (χ2n) is 12.1. The van der Waals surface area contributed by atoms with E-state index in [2.05, 4.69) is 9.98 Å². The lowest BCUT2D eigenvalue weighted by molar-refractivity contribution is 0.0978. The van der Waals surface area contributed by atoms with Gasteiger partial charge in [-0.05, 0) is 36.4 Å². The van der Waals surface area contributed by atoms with Gasteiger partial charge >= 0.3 is 0 Å². The number of aliphatic hydroxyl groups excluding tert-OH is 2. The molecule has 3 aromatic carbocycles. The summed E-state index contributed by atoms with van der Waals surface area (Å²) in [7, 11) is 0. The molecule has 0 saturated carbocycles. The topological polar surface area (TPSA) is 160 Å². The molecule has 0 atom stereocenters. The van der Waals surface area contributed by atoms with Gasteiger partial charge in [0.2, 0.25) is 0 Å². The minimum absolute atomic E-state index is 0.00545. The lowest BCUT2D eigenvalue weighted by atomic mass is 10.1. The predicted molar refractivity (Wildman–Crippen MR) is 216 cm³/mol. The Hall–Kier alpha value is -6.18. The highest BCUT2D eigenvalue weighted by Crippen LogP contribution is 2.28. The summed E-state index contributed by atoms with van der Waals surface area (Å²) in [6.45, 7) is 2.43. The van der Waals surface area contributed by atoms with Crippen molar-refractivity contribution < 1.29 is 19.7 Å². The van der Waals surface area contributed by atoms with E-state index in [0.29, 0.717) is 62.3 Å². The van der Waals surface area contributed by atoms with E-state index in [1.54, 1.807) is 24.9 Å². The number of aliphatic hydroxyl groups is 2. The Morgan fingerprint density at radius 2 is 0.759 bits per heavy atom. The molecule has 0 bridgehead atoms. The van der Waals surface area contributed by atoms with E-state index < -0.39 is 0 Å². The van der Waals surface area contributed by atoms with E-state index in [4.69, 9.17) is 49.6 Å². The van der Waals surface area contributed by atoms with E-state index in [0.717, 1.165) is 55.0 Å². The van der Waals surface area contributed by atoms with Crippen LogP contribution in [0.4, 0.5) is 11.4 Å². The number of hydrogen-bond donors (Lipinski definition) is 2. The fraction of sp³-hybridized carbons (Fsp3) is 0.190. The molecule has 0 aliphatic rings. The first-order chi connectivity index (χ1) is 26.7. The minimum atomic E-state index is -0.00545. The van der Waals surface area contributed by atoms with Crippen LogP contribution in [0.25, 0.3) is 43.6 Å². The molecule has 0 amide bonds. The SMILES string of the molecule is OCCOCCN=Cc1ccc2ccc3ccc(C=Nc4ccccc4N=Cc4ccc5ccc6ccc(C=NCCOCCO)nc6c5n4)nc3c2n1. The number of aromatic nitrogens is 4. The maximum absolute atomic E-state index is 8.86. The van der Waals surface area contributed by atoms with Gasteiger partial charge in [-0.3, -0.25) is 20.0 Å². The lowest BCUT2D eigenvalue weighted by Gasteiger charge is -2.05. The van der Waals surface area contributed by atoms with Gasteiger partial charge in [-0.25, -0.2) is 19.9 Å². The third-order valence-electron chi connectivity index (χ3n) is 8.33. The number of fused-ring (bicyclic) bond motifs is 6. The molecular weight excluding hydrogens is 681 g/mol. The number of hydrogen-bond acceptors (Lipinski definition) is 12. The fourth-order valence-electron chi connectivity index (χ4n) is 5.72. The van der Waals surface area contributed by atoms with Gasteiger partial charge in [0.05, 0.1) is 121 Å². The van der Waals surface area contributed by atoms with Gasteiger partial charge in [0, 0.05) is 34.0 Å². The average Bonchev–Trinajstić information content (AvgIpc) is 3.21. The summed E-state index contributed by atoms with van der Waals surface area (Å²) >= 11 is 0. The van der Waals surface area contributed by atoms with Crippen LogP contribution in [0.15, 0.2) is 117 Å². The van der Waals surface area contributed by atoms with Crippen LogP contribution in [0.2, 0.25) is 0 Å². The van der Waals surface area contributed by atoms with E-state index in [1.807, 2.05) is 97.1 Å². The molecule has 7 aromatic rings. The van der Waals surface area contributed by atoms with Crippen LogP contribution in [0.1, 0.15) is 22.8 Å². The smallest absolute Gasteiger partial charge is 0.0972 e. The summed E-state index contributed by atoms with van der Waals surface area (Å²) in [6, 6.07) is 31.6. The highest BCUT2D eigenvalue weighted by molar-refractivity contribution is 6.06. The summed E-state index contributed by atoms with van der Waals surface area (Å²) < 4.78 is 10.6. The van der Waals surface area contributed by atoms with Crippen molar-refractivity contribution in [2.24, 2.45) is 20.0 Å². The van der Waals surface area contributed by atoms with E-state index in [1.165, 1.54) is 0 Å². The van der Waals surface area contributed by atoms with Crippen molar-refractivity contribution in [3.63, 3.8) is 0 Å². The van der Waals surface area contributed by atoms with Crippen molar-refractivity contribution in [2.75, 3.05) is 52.7 Å². The number of nitrogens with zero attached hydrogens (tertiary/aromatic N) is 8. The molecule has 54 heavy (non-hydrogen) atoms. The number of aliphatic imine (C=N–C) groups is 4. The summed E-state index contributed by atoms with van der Waals surface area (Å²) in [4.78, 5) is 37.9. The zero-order valence-corrected chi connectivity index (χ0v) is 29.5. The third kappa shape index (κ3) is 9.06. The zero-order valence-electron chi connectivity index (χ0n) is 29.5. The van der Waals surface area contributed by atoms with E-state index >= 15 is 0 Å². The number of benzene rings is 3. The van der Waals surface area contributed by atoms with Crippen LogP contribution in [-0.2, 0) is 9.47 Å². The van der Waals surface area contributed by atoms with Crippen molar-refractivity contribution >= 4 is 79.8 Å². The highest BCUT2D eigenvalue weighted by Gasteiger charge is 2.08. The van der Waals surface area contributed by atoms with Crippen LogP contribution in [0.5, 0.6) is 0 Å². The summed E-state index contributed by atoms with van der Waals surface area (Å²) in [5.74, 6) is 0. The molecule has 0 fully saturated rings. The lowest BCUT2D eigenvalue weighted by Crippen LogP contribution is -2.03. The quantitative estimate of drug-likeness (QED) is 0.0675. The maximum atomic E-state index is 8.86. The van der Waals surface area contributed by atoms with Crippen molar-refractivity contribution in [3.8, 4) is 0 Å². The van der Waals surface area contributed by atoms with Gasteiger partial charge in [-0.15, -0.1) is 0 Å². The normalized spacial score (nSPS) is 12.3. The van der Waals surface area contributed by atoms with Crippen molar-refractivity contribution in [1.29, 1.82) is 0 Å². The van der Waals surface area contributed by atoms with Crippen molar-refractivity contribution in [1.82, 2.24) is 19.9 Å². The second-order valence-corrected chi connectivity index (χ2v) is 12.1. The van der Waals surface area contributed by atoms with E-state index in [-0.39, 0.29) is 13.2 Å². The highest BCUT2D eigenvalue weighted by atomic mass is 16.5. The van der Waals surface area contributed by atoms with Gasteiger partial charge in [0.25, 0.3) is 0 Å². The summed E-state index contributed by atoms with van der Waals surface area (Å²) in [6.07, 6.45) is 6.92. The summed E-state index contributed by atoms with van der Waals surface area (Å²) in [5, 5.41) is 21.6. The van der Waals surface area contributed by atoms with Gasteiger partial charge in [0.15, 0.2) is 0 Å². The molecule has 0 spiro atoms. The van der Waals surface area contributed by atoms with Crippen LogP contribution in [-0.4, -0.2) is 108 Å². The zero-order chi connectivity index (χ0) is 37.0. The Bertz CT molecular complexity index is 2340. The molecule has 0 saturated heterocycles. The largest absolute Gasteiger partial charge is 0.394 e. The predicted octanol–water partition coefficient (Wildman–Crippen LogP) is 6.24. The number of ether oxygens (including phenoxy) is 2. The molecule has 12 heteroatoms.